The Morgan fingerprint density at radius 3 is 2.60 bits per heavy atom. The van der Waals surface area contributed by atoms with Gasteiger partial charge in [-0.1, -0.05) is 30.3 Å². The highest BCUT2D eigenvalue weighted by atomic mass is 127. The predicted molar refractivity (Wildman–Crippen MR) is 89.1 cm³/mol. The Bertz CT molecular complexity index is 588. The quantitative estimate of drug-likeness (QED) is 0.352. The number of nitro benzene ring substituents is 1. The van der Waals surface area contributed by atoms with Crippen molar-refractivity contribution in [2.45, 2.75) is 12.8 Å². The van der Waals surface area contributed by atoms with Gasteiger partial charge in [0.1, 0.15) is 5.69 Å². The van der Waals surface area contributed by atoms with Gasteiger partial charge in [0.2, 0.25) is 0 Å². The lowest BCUT2D eigenvalue weighted by Gasteiger charge is -2.07. The molecule has 2 aromatic carbocycles. The van der Waals surface area contributed by atoms with Gasteiger partial charge in [-0.15, -0.1) is 0 Å². The zero-order valence-corrected chi connectivity index (χ0v) is 13.0. The van der Waals surface area contributed by atoms with E-state index >= 15 is 0 Å². The van der Waals surface area contributed by atoms with Gasteiger partial charge in [0, 0.05) is 16.2 Å². The van der Waals surface area contributed by atoms with Crippen LogP contribution in [0.4, 0.5) is 11.4 Å². The Morgan fingerprint density at radius 1 is 1.15 bits per heavy atom. The molecule has 0 aliphatic rings. The van der Waals surface area contributed by atoms with Crippen LogP contribution in [0, 0.1) is 13.7 Å². The van der Waals surface area contributed by atoms with E-state index in [-0.39, 0.29) is 10.6 Å². The number of benzene rings is 2. The molecule has 0 heterocycles. The average Bonchev–Trinajstić information content (AvgIpc) is 2.45. The van der Waals surface area contributed by atoms with Crippen molar-refractivity contribution < 1.29 is 4.92 Å². The summed E-state index contributed by atoms with van der Waals surface area (Å²) < 4.78 is 0.865. The molecule has 0 aliphatic carbocycles. The Kier molecular flexibility index (Phi) is 5.34. The number of aryl methyl sites for hydroxylation is 1. The lowest BCUT2D eigenvalue weighted by Crippen LogP contribution is -2.05. The van der Waals surface area contributed by atoms with Gasteiger partial charge in [-0.05, 0) is 53.1 Å². The molecular weight excluding hydrogens is 367 g/mol. The Morgan fingerprint density at radius 2 is 1.90 bits per heavy atom. The predicted octanol–water partition coefficient (Wildman–Crippen LogP) is 4.24. The number of nitrogens with zero attached hydrogens (tertiary/aromatic N) is 1. The lowest BCUT2D eigenvalue weighted by atomic mass is 10.1. The molecule has 0 bridgehead atoms. The topological polar surface area (TPSA) is 55.2 Å². The van der Waals surface area contributed by atoms with E-state index in [0.717, 1.165) is 23.0 Å². The van der Waals surface area contributed by atoms with E-state index in [4.69, 9.17) is 0 Å². The van der Waals surface area contributed by atoms with Gasteiger partial charge in [-0.25, -0.2) is 0 Å². The third-order valence-electron chi connectivity index (χ3n) is 2.96. The highest BCUT2D eigenvalue weighted by molar-refractivity contribution is 14.1. The highest BCUT2D eigenvalue weighted by Crippen LogP contribution is 2.26. The number of hydrogen-bond acceptors (Lipinski definition) is 3. The van der Waals surface area contributed by atoms with Crippen molar-refractivity contribution in [3.63, 3.8) is 0 Å². The van der Waals surface area contributed by atoms with Gasteiger partial charge in [-0.3, -0.25) is 10.1 Å². The third-order valence-corrected chi connectivity index (χ3v) is 3.63. The van der Waals surface area contributed by atoms with Crippen LogP contribution in [0.2, 0.25) is 0 Å². The highest BCUT2D eigenvalue weighted by Gasteiger charge is 2.13. The van der Waals surface area contributed by atoms with Crippen molar-refractivity contribution in [3.05, 3.63) is 67.8 Å². The molecular formula is C15H15IN2O2. The molecule has 4 nitrogen and oxygen atoms in total. The van der Waals surface area contributed by atoms with E-state index in [0.29, 0.717) is 5.69 Å². The van der Waals surface area contributed by atoms with Crippen molar-refractivity contribution in [1.29, 1.82) is 0 Å². The molecule has 0 radical (unpaired) electrons. The summed E-state index contributed by atoms with van der Waals surface area (Å²) >= 11 is 2.08. The monoisotopic (exact) mass is 382 g/mol. The standard InChI is InChI=1S/C15H15IN2O2/c16-13-8-9-14(15(11-13)18(19)20)17-10-4-7-12-5-2-1-3-6-12/h1-3,5-6,8-9,11,17H,4,7,10H2. The second-order valence-electron chi connectivity index (χ2n) is 4.43. The molecule has 0 saturated heterocycles. The molecule has 0 atom stereocenters. The fourth-order valence-corrected chi connectivity index (χ4v) is 2.44. The van der Waals surface area contributed by atoms with E-state index in [1.807, 2.05) is 24.3 Å². The number of nitrogens with one attached hydrogen (secondary N) is 1. The van der Waals surface area contributed by atoms with Gasteiger partial charge in [-0.2, -0.15) is 0 Å². The summed E-state index contributed by atoms with van der Waals surface area (Å²) in [6.45, 7) is 0.719. The third kappa shape index (κ3) is 4.19. The van der Waals surface area contributed by atoms with E-state index in [1.165, 1.54) is 5.56 Å². The van der Waals surface area contributed by atoms with Gasteiger partial charge in [0.25, 0.3) is 5.69 Å². The molecule has 0 unspecified atom stereocenters. The molecule has 0 spiro atoms. The van der Waals surface area contributed by atoms with Crippen LogP contribution < -0.4 is 5.32 Å². The van der Waals surface area contributed by atoms with Crippen molar-refractivity contribution >= 4 is 34.0 Å². The Labute approximate surface area is 131 Å². The maximum Gasteiger partial charge on any atom is 0.293 e. The van der Waals surface area contributed by atoms with Crippen LogP contribution >= 0.6 is 22.6 Å². The molecule has 20 heavy (non-hydrogen) atoms. The first-order valence-corrected chi connectivity index (χ1v) is 7.46. The largest absolute Gasteiger partial charge is 0.379 e. The average molecular weight is 382 g/mol. The van der Waals surface area contributed by atoms with Crippen LogP contribution in [0.5, 0.6) is 0 Å². The first-order chi connectivity index (χ1) is 9.66. The molecule has 0 amide bonds. The molecule has 2 aromatic rings. The SMILES string of the molecule is O=[N+]([O-])c1cc(I)ccc1NCCCc1ccccc1. The molecule has 104 valence electrons. The zero-order valence-electron chi connectivity index (χ0n) is 10.9. The van der Waals surface area contributed by atoms with Crippen LogP contribution in [-0.4, -0.2) is 11.5 Å². The summed E-state index contributed by atoms with van der Waals surface area (Å²) in [7, 11) is 0. The van der Waals surface area contributed by atoms with Crippen LogP contribution in [0.1, 0.15) is 12.0 Å². The van der Waals surface area contributed by atoms with Crippen LogP contribution in [0.15, 0.2) is 48.5 Å². The van der Waals surface area contributed by atoms with Crippen molar-refractivity contribution in [1.82, 2.24) is 0 Å². The summed E-state index contributed by atoms with van der Waals surface area (Å²) in [5.41, 5.74) is 2.01. The summed E-state index contributed by atoms with van der Waals surface area (Å²) in [4.78, 5) is 10.6. The second kappa shape index (κ2) is 7.23. The minimum atomic E-state index is -0.346. The number of rotatable bonds is 6. The number of hydrogen-bond donors (Lipinski definition) is 1. The van der Waals surface area contributed by atoms with Gasteiger partial charge in [0.15, 0.2) is 0 Å². The summed E-state index contributed by atoms with van der Waals surface area (Å²) in [6.07, 6.45) is 1.90. The van der Waals surface area contributed by atoms with Gasteiger partial charge < -0.3 is 5.32 Å². The van der Waals surface area contributed by atoms with E-state index in [9.17, 15) is 10.1 Å². The number of nitro groups is 1. The van der Waals surface area contributed by atoms with Crippen LogP contribution in [-0.2, 0) is 6.42 Å². The molecule has 1 N–H and O–H groups in total. The van der Waals surface area contributed by atoms with E-state index in [1.54, 1.807) is 12.1 Å². The minimum absolute atomic E-state index is 0.136. The maximum atomic E-state index is 11.0. The van der Waals surface area contributed by atoms with Gasteiger partial charge in [0.05, 0.1) is 4.92 Å². The first-order valence-electron chi connectivity index (χ1n) is 6.38. The fourth-order valence-electron chi connectivity index (χ4n) is 1.97. The minimum Gasteiger partial charge on any atom is -0.379 e. The van der Waals surface area contributed by atoms with Crippen LogP contribution in [0.25, 0.3) is 0 Å². The molecule has 2 rings (SSSR count). The second-order valence-corrected chi connectivity index (χ2v) is 5.68. The molecule has 0 fully saturated rings. The zero-order chi connectivity index (χ0) is 14.4. The van der Waals surface area contributed by atoms with E-state index in [2.05, 4.69) is 40.0 Å². The molecule has 0 aromatic heterocycles. The number of halogens is 1. The molecule has 5 heteroatoms. The molecule has 0 aliphatic heterocycles. The summed E-state index contributed by atoms with van der Waals surface area (Å²) in [5, 5.41) is 14.1. The van der Waals surface area contributed by atoms with E-state index < -0.39 is 0 Å². The summed E-state index contributed by atoms with van der Waals surface area (Å²) in [5.74, 6) is 0. The first kappa shape index (κ1) is 14.8. The number of anilines is 1. The lowest BCUT2D eigenvalue weighted by molar-refractivity contribution is -0.384. The Hall–Kier alpha value is -1.63. The fraction of sp³-hybridized carbons (Fsp3) is 0.200. The van der Waals surface area contributed by atoms with Crippen molar-refractivity contribution in [2.75, 3.05) is 11.9 Å². The molecule has 0 saturated carbocycles. The van der Waals surface area contributed by atoms with Gasteiger partial charge >= 0.3 is 0 Å². The van der Waals surface area contributed by atoms with Crippen molar-refractivity contribution in [2.24, 2.45) is 0 Å². The maximum absolute atomic E-state index is 11.0. The van der Waals surface area contributed by atoms with Crippen molar-refractivity contribution in [3.8, 4) is 0 Å². The van der Waals surface area contributed by atoms with Crippen LogP contribution in [0.3, 0.4) is 0 Å². The Balaban J connectivity index is 1.90. The normalized spacial score (nSPS) is 10.2. The summed E-state index contributed by atoms with van der Waals surface area (Å²) in [6, 6.07) is 15.4. The smallest absolute Gasteiger partial charge is 0.293 e.